The van der Waals surface area contributed by atoms with Crippen LogP contribution in [-0.2, 0) is 4.79 Å². The number of carbonyl (C=O) groups is 2. The zero-order valence-corrected chi connectivity index (χ0v) is 12.0. The number of aryl methyl sites for hydroxylation is 2. The van der Waals surface area contributed by atoms with Crippen molar-refractivity contribution in [3.8, 4) is 0 Å². The molecule has 0 saturated carbocycles. The van der Waals surface area contributed by atoms with Crippen molar-refractivity contribution in [2.24, 2.45) is 0 Å². The Morgan fingerprint density at radius 2 is 2.00 bits per heavy atom. The lowest BCUT2D eigenvalue weighted by Crippen LogP contribution is -2.54. The Morgan fingerprint density at radius 1 is 1.37 bits per heavy atom. The van der Waals surface area contributed by atoms with Crippen LogP contribution in [0.15, 0.2) is 12.1 Å². The molecule has 1 aliphatic heterocycles. The molecule has 4 nitrogen and oxygen atoms in total. The number of halogens is 1. The topological polar surface area (TPSA) is 49.4 Å². The summed E-state index contributed by atoms with van der Waals surface area (Å²) in [6, 6.07) is 3.55. The zero-order valence-electron chi connectivity index (χ0n) is 11.3. The summed E-state index contributed by atoms with van der Waals surface area (Å²) in [5, 5.41) is 3.22. The van der Waals surface area contributed by atoms with Gasteiger partial charge in [-0.3, -0.25) is 9.59 Å². The highest BCUT2D eigenvalue weighted by molar-refractivity contribution is 6.34. The van der Waals surface area contributed by atoms with Gasteiger partial charge in [0, 0.05) is 12.6 Å². The first-order chi connectivity index (χ1) is 8.88. The monoisotopic (exact) mass is 280 g/mol. The molecule has 0 aromatic heterocycles. The van der Waals surface area contributed by atoms with Gasteiger partial charge < -0.3 is 10.2 Å². The highest BCUT2D eigenvalue weighted by Crippen LogP contribution is 2.22. The van der Waals surface area contributed by atoms with Gasteiger partial charge in [-0.25, -0.2) is 0 Å². The van der Waals surface area contributed by atoms with E-state index >= 15 is 0 Å². The van der Waals surface area contributed by atoms with Crippen LogP contribution < -0.4 is 5.32 Å². The van der Waals surface area contributed by atoms with Crippen LogP contribution >= 0.6 is 11.6 Å². The molecule has 2 rings (SSSR count). The Hall–Kier alpha value is -1.55. The summed E-state index contributed by atoms with van der Waals surface area (Å²) in [4.78, 5) is 25.5. The maximum atomic E-state index is 12.4. The third-order valence-electron chi connectivity index (χ3n) is 3.34. The number of hydrogen-bond acceptors (Lipinski definition) is 2. The number of rotatable bonds is 1. The molecule has 0 spiro atoms. The van der Waals surface area contributed by atoms with Crippen molar-refractivity contribution < 1.29 is 9.59 Å². The van der Waals surface area contributed by atoms with Crippen LogP contribution in [0.3, 0.4) is 0 Å². The Labute approximate surface area is 117 Å². The molecular formula is C14H17ClN2O2. The SMILES string of the molecule is Cc1cc(Cl)c(C(=O)N2CC(=O)NC(C)C2)cc1C. The summed E-state index contributed by atoms with van der Waals surface area (Å²) < 4.78 is 0. The van der Waals surface area contributed by atoms with Crippen molar-refractivity contribution in [1.29, 1.82) is 0 Å². The van der Waals surface area contributed by atoms with Crippen molar-refractivity contribution >= 4 is 23.4 Å². The fourth-order valence-corrected chi connectivity index (χ4v) is 2.50. The smallest absolute Gasteiger partial charge is 0.255 e. The third kappa shape index (κ3) is 2.89. The minimum Gasteiger partial charge on any atom is -0.350 e. The molecule has 1 atom stereocenters. The molecule has 102 valence electrons. The Balaban J connectivity index is 2.29. The summed E-state index contributed by atoms with van der Waals surface area (Å²) in [5.41, 5.74) is 2.53. The molecule has 1 unspecified atom stereocenters. The average Bonchev–Trinajstić information content (AvgIpc) is 2.31. The van der Waals surface area contributed by atoms with E-state index in [4.69, 9.17) is 11.6 Å². The van der Waals surface area contributed by atoms with E-state index in [1.165, 1.54) is 0 Å². The maximum absolute atomic E-state index is 12.4. The number of nitrogens with zero attached hydrogens (tertiary/aromatic N) is 1. The fraction of sp³-hybridized carbons (Fsp3) is 0.429. The van der Waals surface area contributed by atoms with Crippen molar-refractivity contribution in [1.82, 2.24) is 10.2 Å². The third-order valence-corrected chi connectivity index (χ3v) is 3.65. The van der Waals surface area contributed by atoms with Crippen molar-refractivity contribution in [2.45, 2.75) is 26.8 Å². The van der Waals surface area contributed by atoms with Crippen molar-refractivity contribution in [2.75, 3.05) is 13.1 Å². The molecule has 19 heavy (non-hydrogen) atoms. The lowest BCUT2D eigenvalue weighted by Gasteiger charge is -2.31. The Bertz CT molecular complexity index is 542. The minimum atomic E-state index is -0.185. The van der Waals surface area contributed by atoms with Crippen LogP contribution in [0.25, 0.3) is 0 Å². The van der Waals surface area contributed by atoms with Gasteiger partial charge in [-0.05, 0) is 44.0 Å². The molecule has 1 fully saturated rings. The molecule has 0 aliphatic carbocycles. The molecule has 1 aromatic carbocycles. The van der Waals surface area contributed by atoms with Gasteiger partial charge >= 0.3 is 0 Å². The van der Waals surface area contributed by atoms with Crippen molar-refractivity contribution in [3.05, 3.63) is 33.8 Å². The molecular weight excluding hydrogens is 264 g/mol. The quantitative estimate of drug-likeness (QED) is 0.854. The second-order valence-electron chi connectivity index (χ2n) is 5.07. The van der Waals surface area contributed by atoms with Crippen LogP contribution in [0.4, 0.5) is 0 Å². The standard InChI is InChI=1S/C14H17ClN2O2/c1-8-4-11(12(15)5-9(8)2)14(19)17-6-10(3)16-13(18)7-17/h4-5,10H,6-7H2,1-3H3,(H,16,18). The summed E-state index contributed by atoms with van der Waals surface area (Å²) in [6.07, 6.45) is 0. The number of benzene rings is 1. The summed E-state index contributed by atoms with van der Waals surface area (Å²) in [6.45, 7) is 6.36. The van der Waals surface area contributed by atoms with E-state index in [1.807, 2.05) is 20.8 Å². The van der Waals surface area contributed by atoms with Gasteiger partial charge in [-0.15, -0.1) is 0 Å². The second-order valence-corrected chi connectivity index (χ2v) is 5.48. The Morgan fingerprint density at radius 3 is 2.63 bits per heavy atom. The van der Waals surface area contributed by atoms with E-state index in [0.717, 1.165) is 11.1 Å². The van der Waals surface area contributed by atoms with Gasteiger partial charge in [0.2, 0.25) is 5.91 Å². The second kappa shape index (κ2) is 5.21. The number of nitrogens with one attached hydrogen (secondary N) is 1. The number of hydrogen-bond donors (Lipinski definition) is 1. The summed E-state index contributed by atoms with van der Waals surface area (Å²) in [7, 11) is 0. The van der Waals surface area contributed by atoms with Gasteiger partial charge in [0.25, 0.3) is 5.91 Å². The zero-order chi connectivity index (χ0) is 14.2. The van der Waals surface area contributed by atoms with Crippen LogP contribution in [-0.4, -0.2) is 35.8 Å². The van der Waals surface area contributed by atoms with Gasteiger partial charge in [-0.1, -0.05) is 11.6 Å². The first kappa shape index (κ1) is 13.9. The summed E-state index contributed by atoms with van der Waals surface area (Å²) >= 11 is 6.14. The predicted molar refractivity (Wildman–Crippen MR) is 74.4 cm³/mol. The first-order valence-electron chi connectivity index (χ1n) is 6.24. The van der Waals surface area contributed by atoms with E-state index in [9.17, 15) is 9.59 Å². The van der Waals surface area contributed by atoms with Crippen LogP contribution in [0.1, 0.15) is 28.4 Å². The molecule has 1 aromatic rings. The number of piperazine rings is 1. The van der Waals surface area contributed by atoms with E-state index in [0.29, 0.717) is 17.1 Å². The fourth-order valence-electron chi connectivity index (χ4n) is 2.20. The molecule has 1 saturated heterocycles. The van der Waals surface area contributed by atoms with Crippen LogP contribution in [0.5, 0.6) is 0 Å². The molecule has 1 N–H and O–H groups in total. The molecule has 2 amide bonds. The highest BCUT2D eigenvalue weighted by atomic mass is 35.5. The van der Waals surface area contributed by atoms with E-state index in [1.54, 1.807) is 17.0 Å². The molecule has 0 radical (unpaired) electrons. The maximum Gasteiger partial charge on any atom is 0.255 e. The molecule has 1 aliphatic rings. The lowest BCUT2D eigenvalue weighted by molar-refractivity contribution is -0.124. The highest BCUT2D eigenvalue weighted by Gasteiger charge is 2.27. The molecule has 0 bridgehead atoms. The van der Waals surface area contributed by atoms with Gasteiger partial charge in [-0.2, -0.15) is 0 Å². The van der Waals surface area contributed by atoms with E-state index in [2.05, 4.69) is 5.32 Å². The Kier molecular flexibility index (Phi) is 3.80. The van der Waals surface area contributed by atoms with Gasteiger partial charge in [0.15, 0.2) is 0 Å². The lowest BCUT2D eigenvalue weighted by atomic mass is 10.0. The largest absolute Gasteiger partial charge is 0.350 e. The normalized spacial score (nSPS) is 19.3. The molecule has 1 heterocycles. The van der Waals surface area contributed by atoms with E-state index < -0.39 is 0 Å². The minimum absolute atomic E-state index is 0.0319. The van der Waals surface area contributed by atoms with Crippen molar-refractivity contribution in [3.63, 3.8) is 0 Å². The molecule has 5 heteroatoms. The summed E-state index contributed by atoms with van der Waals surface area (Å²) in [5.74, 6) is -0.318. The van der Waals surface area contributed by atoms with Gasteiger partial charge in [0.1, 0.15) is 0 Å². The first-order valence-corrected chi connectivity index (χ1v) is 6.61. The van der Waals surface area contributed by atoms with E-state index in [-0.39, 0.29) is 24.4 Å². The predicted octanol–water partition coefficient (Wildman–Crippen LogP) is 1.92. The van der Waals surface area contributed by atoms with Crippen LogP contribution in [0, 0.1) is 13.8 Å². The van der Waals surface area contributed by atoms with Gasteiger partial charge in [0.05, 0.1) is 17.1 Å². The average molecular weight is 281 g/mol. The van der Waals surface area contributed by atoms with Crippen LogP contribution in [0.2, 0.25) is 5.02 Å². The number of amides is 2. The number of carbonyl (C=O) groups excluding carboxylic acids is 2.